The number of hydrogen-bond acceptors (Lipinski definition) is 5. The Kier molecular flexibility index (Phi) is 5.11. The van der Waals surface area contributed by atoms with E-state index in [0.717, 1.165) is 16.7 Å². The van der Waals surface area contributed by atoms with Crippen LogP contribution in [0, 0.1) is 11.6 Å². The molecule has 1 N–H and O–H groups in total. The molecule has 0 aliphatic carbocycles. The summed E-state index contributed by atoms with van der Waals surface area (Å²) in [6.07, 6.45) is 0.671. The van der Waals surface area contributed by atoms with Crippen LogP contribution in [0.15, 0.2) is 27.8 Å². The first-order valence-electron chi connectivity index (χ1n) is 9.79. The number of carbonyl (C=O) groups excluding carboxylic acids is 1. The summed E-state index contributed by atoms with van der Waals surface area (Å²) >= 11 is 0. The molecular formula is C20H22F2N6O3. The molecule has 1 atom stereocenters. The number of nitrogens with zero attached hydrogens (tertiary/aromatic N) is 5. The monoisotopic (exact) mass is 432 g/mol. The highest BCUT2D eigenvalue weighted by molar-refractivity contribution is 5.75. The molecule has 4 rings (SSSR count). The first kappa shape index (κ1) is 20.8. The van der Waals surface area contributed by atoms with Gasteiger partial charge in [0.05, 0.1) is 6.54 Å². The van der Waals surface area contributed by atoms with Gasteiger partial charge < -0.3 is 10.2 Å². The first-order chi connectivity index (χ1) is 14.7. The van der Waals surface area contributed by atoms with E-state index >= 15 is 0 Å². The van der Waals surface area contributed by atoms with Crippen molar-refractivity contribution >= 4 is 23.0 Å². The van der Waals surface area contributed by atoms with Crippen molar-refractivity contribution in [2.75, 3.05) is 18.0 Å². The molecule has 11 heteroatoms. The van der Waals surface area contributed by atoms with Gasteiger partial charge >= 0.3 is 5.69 Å². The van der Waals surface area contributed by atoms with Crippen molar-refractivity contribution in [1.82, 2.24) is 24.0 Å². The van der Waals surface area contributed by atoms with Crippen LogP contribution in [0.2, 0.25) is 0 Å². The second kappa shape index (κ2) is 7.64. The lowest BCUT2D eigenvalue weighted by Gasteiger charge is -2.20. The molecule has 1 aliphatic rings. The Hall–Kier alpha value is -3.50. The Balaban J connectivity index is 1.89. The molecule has 1 fully saturated rings. The zero-order chi connectivity index (χ0) is 22.4. The number of benzene rings is 1. The topological polar surface area (TPSA) is 94.2 Å². The van der Waals surface area contributed by atoms with Crippen molar-refractivity contribution in [3.8, 4) is 0 Å². The molecule has 31 heavy (non-hydrogen) atoms. The largest absolute Gasteiger partial charge is 0.352 e. The van der Waals surface area contributed by atoms with Crippen LogP contribution in [0.25, 0.3) is 11.2 Å². The minimum absolute atomic E-state index is 0.0767. The van der Waals surface area contributed by atoms with Crippen LogP contribution in [0.1, 0.15) is 18.9 Å². The number of imidazole rings is 1. The fourth-order valence-corrected chi connectivity index (χ4v) is 3.99. The zero-order valence-corrected chi connectivity index (χ0v) is 17.4. The molecular weight excluding hydrogens is 410 g/mol. The van der Waals surface area contributed by atoms with E-state index in [9.17, 15) is 23.2 Å². The number of carbonyl (C=O) groups is 1. The average Bonchev–Trinajstić information content (AvgIpc) is 3.31. The van der Waals surface area contributed by atoms with Crippen molar-refractivity contribution in [2.45, 2.75) is 25.9 Å². The van der Waals surface area contributed by atoms with Gasteiger partial charge in [0.1, 0.15) is 11.6 Å². The SMILES string of the molecule is CC(=O)NC1CCN(c2nc3c(c(=O)n(C)c(=O)n3C)n2Cc2ccc(F)cc2F)C1. The predicted octanol–water partition coefficient (Wildman–Crippen LogP) is 0.475. The Labute approximate surface area is 175 Å². The number of amides is 1. The minimum atomic E-state index is -0.744. The van der Waals surface area contributed by atoms with E-state index in [4.69, 9.17) is 0 Å². The quantitative estimate of drug-likeness (QED) is 0.647. The smallest absolute Gasteiger partial charge is 0.332 e. The molecule has 1 saturated heterocycles. The number of hydrogen-bond donors (Lipinski definition) is 1. The summed E-state index contributed by atoms with van der Waals surface area (Å²) in [7, 11) is 2.87. The molecule has 1 aromatic carbocycles. The van der Waals surface area contributed by atoms with Crippen LogP contribution in [0.3, 0.4) is 0 Å². The van der Waals surface area contributed by atoms with E-state index < -0.39 is 22.9 Å². The molecule has 3 aromatic rings. The fourth-order valence-electron chi connectivity index (χ4n) is 3.99. The van der Waals surface area contributed by atoms with E-state index in [-0.39, 0.29) is 35.2 Å². The molecule has 0 radical (unpaired) electrons. The van der Waals surface area contributed by atoms with Gasteiger partial charge in [-0.1, -0.05) is 6.07 Å². The maximum Gasteiger partial charge on any atom is 0.332 e. The normalized spacial score (nSPS) is 16.3. The zero-order valence-electron chi connectivity index (χ0n) is 17.4. The number of nitrogens with one attached hydrogen (secondary N) is 1. The third-order valence-electron chi connectivity index (χ3n) is 5.55. The van der Waals surface area contributed by atoms with Crippen molar-refractivity contribution in [2.24, 2.45) is 14.1 Å². The minimum Gasteiger partial charge on any atom is -0.352 e. The molecule has 0 bridgehead atoms. The molecule has 1 amide bonds. The number of rotatable bonds is 4. The molecule has 3 heterocycles. The summed E-state index contributed by atoms with van der Waals surface area (Å²) in [4.78, 5) is 43.2. The molecule has 164 valence electrons. The Morgan fingerprint density at radius 3 is 2.65 bits per heavy atom. The van der Waals surface area contributed by atoms with E-state index in [1.54, 1.807) is 4.57 Å². The maximum absolute atomic E-state index is 14.4. The Bertz CT molecular complexity index is 1310. The molecule has 9 nitrogen and oxygen atoms in total. The van der Waals surface area contributed by atoms with Crippen LogP contribution in [0.5, 0.6) is 0 Å². The molecule has 0 saturated carbocycles. The summed E-state index contributed by atoms with van der Waals surface area (Å²) in [6.45, 7) is 2.36. The average molecular weight is 432 g/mol. The van der Waals surface area contributed by atoms with Gasteiger partial charge in [-0.25, -0.2) is 13.6 Å². The van der Waals surface area contributed by atoms with Crippen LogP contribution in [0.4, 0.5) is 14.7 Å². The Morgan fingerprint density at radius 2 is 1.97 bits per heavy atom. The summed E-state index contributed by atoms with van der Waals surface area (Å²) in [5.74, 6) is -1.21. The van der Waals surface area contributed by atoms with Gasteiger partial charge in [0.15, 0.2) is 11.2 Å². The van der Waals surface area contributed by atoms with Gasteiger partial charge in [-0.2, -0.15) is 4.98 Å². The highest BCUT2D eigenvalue weighted by atomic mass is 19.1. The predicted molar refractivity (Wildman–Crippen MR) is 110 cm³/mol. The molecule has 1 aliphatic heterocycles. The second-order valence-corrected chi connectivity index (χ2v) is 7.74. The lowest BCUT2D eigenvalue weighted by molar-refractivity contribution is -0.119. The van der Waals surface area contributed by atoms with E-state index in [1.807, 2.05) is 4.90 Å². The second-order valence-electron chi connectivity index (χ2n) is 7.74. The summed E-state index contributed by atoms with van der Waals surface area (Å²) in [5, 5.41) is 2.86. The third kappa shape index (κ3) is 3.60. The van der Waals surface area contributed by atoms with Crippen LogP contribution < -0.4 is 21.5 Å². The van der Waals surface area contributed by atoms with E-state index in [2.05, 4.69) is 10.3 Å². The van der Waals surface area contributed by atoms with Gasteiger partial charge in [0, 0.05) is 51.8 Å². The lowest BCUT2D eigenvalue weighted by Crippen LogP contribution is -2.37. The molecule has 1 unspecified atom stereocenters. The number of aromatic nitrogens is 4. The Morgan fingerprint density at radius 1 is 1.23 bits per heavy atom. The number of halogens is 2. The maximum atomic E-state index is 14.4. The van der Waals surface area contributed by atoms with Crippen molar-refractivity contribution in [3.63, 3.8) is 0 Å². The van der Waals surface area contributed by atoms with Crippen molar-refractivity contribution < 1.29 is 13.6 Å². The van der Waals surface area contributed by atoms with Crippen LogP contribution in [-0.4, -0.2) is 43.7 Å². The van der Waals surface area contributed by atoms with Crippen molar-refractivity contribution in [3.05, 3.63) is 56.2 Å². The molecule has 2 aromatic heterocycles. The summed E-state index contributed by atoms with van der Waals surface area (Å²) < 4.78 is 31.6. The highest BCUT2D eigenvalue weighted by Gasteiger charge is 2.29. The van der Waals surface area contributed by atoms with Gasteiger partial charge in [-0.15, -0.1) is 0 Å². The number of anilines is 1. The van der Waals surface area contributed by atoms with Gasteiger partial charge in [0.2, 0.25) is 11.9 Å². The first-order valence-corrected chi connectivity index (χ1v) is 9.79. The van der Waals surface area contributed by atoms with Crippen LogP contribution in [-0.2, 0) is 25.4 Å². The van der Waals surface area contributed by atoms with E-state index in [1.165, 1.54) is 31.7 Å². The van der Waals surface area contributed by atoms with Gasteiger partial charge in [-0.05, 0) is 12.5 Å². The highest BCUT2D eigenvalue weighted by Crippen LogP contribution is 2.25. The standard InChI is InChI=1S/C20H22F2N6O3/c1-11(29)23-14-6-7-27(10-14)19-24-17-16(18(30)26(3)20(31)25(17)2)28(19)9-12-4-5-13(21)8-15(12)22/h4-5,8,14H,6-7,9-10H2,1-3H3,(H,23,29). The van der Waals surface area contributed by atoms with Crippen LogP contribution >= 0.6 is 0 Å². The summed E-state index contributed by atoms with van der Waals surface area (Å²) in [5.41, 5.74) is -0.591. The van der Waals surface area contributed by atoms with E-state index in [0.29, 0.717) is 25.5 Å². The van der Waals surface area contributed by atoms with Gasteiger partial charge in [0.25, 0.3) is 5.56 Å². The fraction of sp³-hybridized carbons (Fsp3) is 0.400. The van der Waals surface area contributed by atoms with Crippen molar-refractivity contribution in [1.29, 1.82) is 0 Å². The van der Waals surface area contributed by atoms with Gasteiger partial charge in [-0.3, -0.25) is 23.3 Å². The lowest BCUT2D eigenvalue weighted by atomic mass is 10.2. The summed E-state index contributed by atoms with van der Waals surface area (Å²) in [6, 6.07) is 3.15. The number of fused-ring (bicyclic) bond motifs is 1. The molecule has 0 spiro atoms. The number of aryl methyl sites for hydroxylation is 1. The third-order valence-corrected chi connectivity index (χ3v) is 5.55.